The largest absolute Gasteiger partial charge is 0.496 e. The molecule has 0 saturated heterocycles. The number of rotatable bonds is 6. The van der Waals surface area contributed by atoms with Gasteiger partial charge in [0.2, 0.25) is 0 Å². The Morgan fingerprint density at radius 1 is 1.33 bits per heavy atom. The summed E-state index contributed by atoms with van der Waals surface area (Å²) < 4.78 is 5.08. The third kappa shape index (κ3) is 4.00. The van der Waals surface area contributed by atoms with Crippen molar-refractivity contribution in [2.75, 3.05) is 7.11 Å². The second-order valence-corrected chi connectivity index (χ2v) is 4.67. The first-order valence-corrected chi connectivity index (χ1v) is 6.53. The number of hydrogen-bond acceptors (Lipinski definition) is 5. The van der Waals surface area contributed by atoms with Crippen LogP contribution in [-0.4, -0.2) is 17.0 Å². The van der Waals surface area contributed by atoms with Gasteiger partial charge in [-0.25, -0.2) is 0 Å². The fourth-order valence-electron chi connectivity index (χ4n) is 2.00. The van der Waals surface area contributed by atoms with Gasteiger partial charge in [0.1, 0.15) is 5.75 Å². The van der Waals surface area contributed by atoms with Gasteiger partial charge in [-0.1, -0.05) is 6.07 Å². The zero-order valence-electron chi connectivity index (χ0n) is 12.0. The Labute approximate surface area is 122 Å². The van der Waals surface area contributed by atoms with Crippen LogP contribution in [0.4, 0.5) is 5.69 Å². The first kappa shape index (κ1) is 14.9. The fraction of sp³-hybridized carbons (Fsp3) is 0.267. The molecule has 0 fully saturated rings. The lowest BCUT2D eigenvalue weighted by Gasteiger charge is -2.08. The van der Waals surface area contributed by atoms with Gasteiger partial charge in [0.25, 0.3) is 5.69 Å². The number of hydrogen-bond donors (Lipinski definition) is 1. The first-order valence-electron chi connectivity index (χ1n) is 6.53. The molecule has 110 valence electrons. The molecule has 1 heterocycles. The van der Waals surface area contributed by atoms with E-state index in [1.807, 2.05) is 19.1 Å². The molecule has 0 radical (unpaired) electrons. The van der Waals surface area contributed by atoms with Gasteiger partial charge in [-0.15, -0.1) is 0 Å². The molecular weight excluding hydrogens is 270 g/mol. The second kappa shape index (κ2) is 6.81. The van der Waals surface area contributed by atoms with E-state index in [4.69, 9.17) is 4.74 Å². The van der Waals surface area contributed by atoms with E-state index < -0.39 is 4.92 Å². The number of benzene rings is 1. The van der Waals surface area contributed by atoms with E-state index in [9.17, 15) is 10.1 Å². The quantitative estimate of drug-likeness (QED) is 0.652. The van der Waals surface area contributed by atoms with Crippen LogP contribution in [0, 0.1) is 17.0 Å². The molecule has 0 unspecified atom stereocenters. The Bertz CT molecular complexity index is 644. The molecule has 0 bridgehead atoms. The molecular formula is C15H17N3O3. The van der Waals surface area contributed by atoms with Crippen LogP contribution in [0.1, 0.15) is 16.8 Å². The molecule has 0 aliphatic heterocycles. The highest BCUT2D eigenvalue weighted by atomic mass is 16.6. The van der Waals surface area contributed by atoms with Crippen molar-refractivity contribution < 1.29 is 9.66 Å². The molecule has 21 heavy (non-hydrogen) atoms. The van der Waals surface area contributed by atoms with E-state index in [0.29, 0.717) is 18.8 Å². The standard InChI is InChI=1S/C15H17N3O3/c1-11-4-3-5-17-15(11)10-16-9-12-6-13(18(19)20)8-14(7-12)21-2/h3-8,16H,9-10H2,1-2H3. The number of nitrogens with one attached hydrogen (secondary N) is 1. The summed E-state index contributed by atoms with van der Waals surface area (Å²) >= 11 is 0. The Balaban J connectivity index is 2.04. The monoisotopic (exact) mass is 287 g/mol. The van der Waals surface area contributed by atoms with Gasteiger partial charge in [-0.3, -0.25) is 15.1 Å². The van der Waals surface area contributed by atoms with Crippen molar-refractivity contribution in [3.8, 4) is 5.75 Å². The molecule has 0 amide bonds. The van der Waals surface area contributed by atoms with Crippen molar-refractivity contribution in [2.24, 2.45) is 0 Å². The molecule has 0 spiro atoms. The van der Waals surface area contributed by atoms with Crippen molar-refractivity contribution in [3.63, 3.8) is 0 Å². The number of ether oxygens (including phenoxy) is 1. The lowest BCUT2D eigenvalue weighted by atomic mass is 10.1. The molecule has 6 nitrogen and oxygen atoms in total. The normalized spacial score (nSPS) is 10.4. The molecule has 2 rings (SSSR count). The molecule has 6 heteroatoms. The van der Waals surface area contributed by atoms with Crippen molar-refractivity contribution in [3.05, 3.63) is 63.5 Å². The van der Waals surface area contributed by atoms with Crippen molar-refractivity contribution in [1.82, 2.24) is 10.3 Å². The summed E-state index contributed by atoms with van der Waals surface area (Å²) in [5, 5.41) is 14.1. The minimum atomic E-state index is -0.422. The number of aryl methyl sites for hydroxylation is 1. The molecule has 0 aliphatic rings. The number of nitro groups is 1. The van der Waals surface area contributed by atoms with Crippen LogP contribution in [0.25, 0.3) is 0 Å². The number of methoxy groups -OCH3 is 1. The van der Waals surface area contributed by atoms with Gasteiger partial charge < -0.3 is 10.1 Å². The SMILES string of the molecule is COc1cc(CNCc2ncccc2C)cc([N+](=O)[O-])c1. The maximum absolute atomic E-state index is 10.9. The van der Waals surface area contributed by atoms with Gasteiger partial charge in [0, 0.05) is 25.4 Å². The van der Waals surface area contributed by atoms with Crippen LogP contribution < -0.4 is 10.1 Å². The van der Waals surface area contributed by atoms with Crippen molar-refractivity contribution in [1.29, 1.82) is 0 Å². The van der Waals surface area contributed by atoms with Crippen LogP contribution in [0.2, 0.25) is 0 Å². The third-order valence-electron chi connectivity index (χ3n) is 3.14. The Kier molecular flexibility index (Phi) is 4.84. The topological polar surface area (TPSA) is 77.3 Å². The van der Waals surface area contributed by atoms with E-state index in [-0.39, 0.29) is 5.69 Å². The molecule has 0 saturated carbocycles. The highest BCUT2D eigenvalue weighted by molar-refractivity contribution is 5.42. The maximum atomic E-state index is 10.9. The summed E-state index contributed by atoms with van der Waals surface area (Å²) in [6, 6.07) is 8.63. The lowest BCUT2D eigenvalue weighted by Crippen LogP contribution is -2.14. The van der Waals surface area contributed by atoms with E-state index in [0.717, 1.165) is 16.8 Å². The fourth-order valence-corrected chi connectivity index (χ4v) is 2.00. The molecule has 1 N–H and O–H groups in total. The second-order valence-electron chi connectivity index (χ2n) is 4.67. The summed E-state index contributed by atoms with van der Waals surface area (Å²) in [5.41, 5.74) is 2.91. The number of aromatic nitrogens is 1. The Hall–Kier alpha value is -2.47. The van der Waals surface area contributed by atoms with Crippen LogP contribution in [-0.2, 0) is 13.1 Å². The van der Waals surface area contributed by atoms with E-state index in [2.05, 4.69) is 10.3 Å². The van der Waals surface area contributed by atoms with Gasteiger partial charge in [0.05, 0.1) is 23.8 Å². The minimum Gasteiger partial charge on any atom is -0.496 e. The molecule has 0 aliphatic carbocycles. The molecule has 1 aromatic carbocycles. The molecule has 1 aromatic heterocycles. The summed E-state index contributed by atoms with van der Waals surface area (Å²) in [7, 11) is 1.49. The Morgan fingerprint density at radius 3 is 2.81 bits per heavy atom. The van der Waals surface area contributed by atoms with Gasteiger partial charge >= 0.3 is 0 Å². The molecule has 0 atom stereocenters. The van der Waals surface area contributed by atoms with Crippen molar-refractivity contribution in [2.45, 2.75) is 20.0 Å². The highest BCUT2D eigenvalue weighted by Gasteiger charge is 2.10. The zero-order valence-corrected chi connectivity index (χ0v) is 12.0. The van der Waals surface area contributed by atoms with Crippen LogP contribution in [0.3, 0.4) is 0 Å². The predicted molar refractivity (Wildman–Crippen MR) is 79.2 cm³/mol. The van der Waals surface area contributed by atoms with Gasteiger partial charge in [0.15, 0.2) is 0 Å². The van der Waals surface area contributed by atoms with E-state index in [1.54, 1.807) is 18.3 Å². The number of pyridine rings is 1. The average molecular weight is 287 g/mol. The predicted octanol–water partition coefficient (Wildman–Crippen LogP) is 2.60. The minimum absolute atomic E-state index is 0.0279. The molecule has 2 aromatic rings. The zero-order chi connectivity index (χ0) is 15.2. The summed E-state index contributed by atoms with van der Waals surface area (Å²) in [4.78, 5) is 14.8. The van der Waals surface area contributed by atoms with Crippen molar-refractivity contribution >= 4 is 5.69 Å². The lowest BCUT2D eigenvalue weighted by molar-refractivity contribution is -0.385. The summed E-state index contributed by atoms with van der Waals surface area (Å²) in [5.74, 6) is 0.481. The van der Waals surface area contributed by atoms with Crippen LogP contribution in [0.15, 0.2) is 36.5 Å². The number of nitro benzene ring substituents is 1. The average Bonchev–Trinajstić information content (AvgIpc) is 2.49. The van der Waals surface area contributed by atoms with Crippen LogP contribution in [0.5, 0.6) is 5.75 Å². The van der Waals surface area contributed by atoms with Gasteiger partial charge in [-0.05, 0) is 30.2 Å². The number of nitrogens with zero attached hydrogens (tertiary/aromatic N) is 2. The third-order valence-corrected chi connectivity index (χ3v) is 3.14. The van der Waals surface area contributed by atoms with Gasteiger partial charge in [-0.2, -0.15) is 0 Å². The van der Waals surface area contributed by atoms with Crippen LogP contribution >= 0.6 is 0 Å². The maximum Gasteiger partial charge on any atom is 0.273 e. The summed E-state index contributed by atoms with van der Waals surface area (Å²) in [6.07, 6.45) is 1.75. The first-order chi connectivity index (χ1) is 10.1. The summed E-state index contributed by atoms with van der Waals surface area (Å²) in [6.45, 7) is 3.12. The Morgan fingerprint density at radius 2 is 2.14 bits per heavy atom. The van der Waals surface area contributed by atoms with E-state index in [1.165, 1.54) is 13.2 Å². The smallest absolute Gasteiger partial charge is 0.273 e. The highest BCUT2D eigenvalue weighted by Crippen LogP contribution is 2.22. The number of non-ortho nitro benzene ring substituents is 1. The van der Waals surface area contributed by atoms with E-state index >= 15 is 0 Å².